The van der Waals surface area contributed by atoms with E-state index in [-0.39, 0.29) is 17.6 Å². The minimum atomic E-state index is -0.111. The number of hydrogen-bond acceptors (Lipinski definition) is 3. The van der Waals surface area contributed by atoms with Gasteiger partial charge in [-0.1, -0.05) is 13.8 Å². The largest absolute Gasteiger partial charge is 0.493 e. The number of carbonyl (C=O) groups is 1. The first-order chi connectivity index (χ1) is 5.54. The Morgan fingerprint density at radius 2 is 2.25 bits per heavy atom. The van der Waals surface area contributed by atoms with Crippen LogP contribution < -0.4 is 0 Å². The summed E-state index contributed by atoms with van der Waals surface area (Å²) in [4.78, 5) is 11.4. The summed E-state index contributed by atoms with van der Waals surface area (Å²) in [6.07, 6.45) is 1.39. The van der Waals surface area contributed by atoms with Gasteiger partial charge in [0.15, 0.2) is 5.78 Å². The van der Waals surface area contributed by atoms with Crippen molar-refractivity contribution in [2.75, 3.05) is 0 Å². The van der Waals surface area contributed by atoms with E-state index in [9.17, 15) is 9.90 Å². The molecule has 0 saturated heterocycles. The number of hydrogen-bond donors (Lipinski definition) is 1. The lowest BCUT2D eigenvalue weighted by molar-refractivity contribution is 0.0936. The summed E-state index contributed by atoms with van der Waals surface area (Å²) in [5.74, 6) is -0.255. The Bertz CT molecular complexity index is 302. The van der Waals surface area contributed by atoms with Crippen molar-refractivity contribution in [3.05, 3.63) is 11.8 Å². The molecule has 0 aliphatic rings. The molecule has 0 spiro atoms. The Kier molecular flexibility index (Phi) is 2.17. The van der Waals surface area contributed by atoms with Crippen LogP contribution in [0.25, 0.3) is 0 Å². The molecular formula is C8H12N2O2. The number of carbonyl (C=O) groups excluding carboxylic acids is 1. The maximum Gasteiger partial charge on any atom is 0.220 e. The molecule has 1 heterocycles. The average Bonchev–Trinajstić information content (AvgIpc) is 2.32. The molecule has 1 aromatic heterocycles. The fourth-order valence-corrected chi connectivity index (χ4v) is 0.916. The molecule has 0 aromatic carbocycles. The normalized spacial score (nSPS) is 10.7. The van der Waals surface area contributed by atoms with Crippen molar-refractivity contribution < 1.29 is 9.90 Å². The molecule has 0 aliphatic carbocycles. The van der Waals surface area contributed by atoms with Crippen molar-refractivity contribution in [3.63, 3.8) is 0 Å². The van der Waals surface area contributed by atoms with E-state index in [4.69, 9.17) is 0 Å². The summed E-state index contributed by atoms with van der Waals surface area (Å²) in [6.45, 7) is 3.57. The Labute approximate surface area is 70.8 Å². The summed E-state index contributed by atoms with van der Waals surface area (Å²) in [7, 11) is 1.59. The second-order valence-electron chi connectivity index (χ2n) is 3.02. The van der Waals surface area contributed by atoms with Gasteiger partial charge in [-0.25, -0.2) is 4.68 Å². The van der Waals surface area contributed by atoms with Crippen LogP contribution in [0.5, 0.6) is 5.88 Å². The highest BCUT2D eigenvalue weighted by molar-refractivity contribution is 5.99. The van der Waals surface area contributed by atoms with Crippen molar-refractivity contribution in [1.82, 2.24) is 9.78 Å². The van der Waals surface area contributed by atoms with Crippen LogP contribution >= 0.6 is 0 Å². The first-order valence-electron chi connectivity index (χ1n) is 3.79. The fraction of sp³-hybridized carbons (Fsp3) is 0.500. The summed E-state index contributed by atoms with van der Waals surface area (Å²) in [5.41, 5.74) is 0.299. The van der Waals surface area contributed by atoms with Crippen LogP contribution in [0.15, 0.2) is 6.20 Å². The fourth-order valence-electron chi connectivity index (χ4n) is 0.916. The SMILES string of the molecule is CC(C)C(=O)c1cnn(C)c1O. The van der Waals surface area contributed by atoms with E-state index in [1.807, 2.05) is 0 Å². The second kappa shape index (κ2) is 2.97. The van der Waals surface area contributed by atoms with Crippen LogP contribution in [0.4, 0.5) is 0 Å². The van der Waals surface area contributed by atoms with E-state index in [1.165, 1.54) is 10.9 Å². The van der Waals surface area contributed by atoms with Crippen LogP contribution in [0.3, 0.4) is 0 Å². The molecule has 0 bridgehead atoms. The van der Waals surface area contributed by atoms with Crippen molar-refractivity contribution in [1.29, 1.82) is 0 Å². The van der Waals surface area contributed by atoms with Gasteiger partial charge in [0.2, 0.25) is 5.88 Å². The molecule has 66 valence electrons. The van der Waals surface area contributed by atoms with E-state index in [0.717, 1.165) is 0 Å². The molecule has 0 unspecified atom stereocenters. The first-order valence-corrected chi connectivity index (χ1v) is 3.79. The molecule has 1 N–H and O–H groups in total. The summed E-state index contributed by atoms with van der Waals surface area (Å²) in [5, 5.41) is 13.1. The number of rotatable bonds is 2. The summed E-state index contributed by atoms with van der Waals surface area (Å²) >= 11 is 0. The lowest BCUT2D eigenvalue weighted by atomic mass is 10.0. The van der Waals surface area contributed by atoms with Gasteiger partial charge < -0.3 is 5.11 Å². The molecular weight excluding hydrogens is 156 g/mol. The molecule has 0 atom stereocenters. The smallest absolute Gasteiger partial charge is 0.220 e. The molecule has 4 nitrogen and oxygen atoms in total. The highest BCUT2D eigenvalue weighted by Gasteiger charge is 2.17. The third kappa shape index (κ3) is 1.32. The predicted octanol–water partition coefficient (Wildman–Crippen LogP) is 0.964. The van der Waals surface area contributed by atoms with Gasteiger partial charge in [-0.15, -0.1) is 0 Å². The molecule has 12 heavy (non-hydrogen) atoms. The number of aryl methyl sites for hydroxylation is 1. The van der Waals surface area contributed by atoms with Gasteiger partial charge >= 0.3 is 0 Å². The Morgan fingerprint density at radius 1 is 1.67 bits per heavy atom. The van der Waals surface area contributed by atoms with E-state index in [0.29, 0.717) is 5.56 Å². The maximum atomic E-state index is 11.4. The highest BCUT2D eigenvalue weighted by Crippen LogP contribution is 2.18. The summed E-state index contributed by atoms with van der Waals surface area (Å²) < 4.78 is 1.27. The molecule has 1 aromatic rings. The number of aromatic nitrogens is 2. The first kappa shape index (κ1) is 8.77. The van der Waals surface area contributed by atoms with E-state index in [2.05, 4.69) is 5.10 Å². The lowest BCUT2D eigenvalue weighted by Crippen LogP contribution is -2.06. The van der Waals surface area contributed by atoms with Crippen molar-refractivity contribution in [3.8, 4) is 5.88 Å². The Balaban J connectivity index is 3.04. The molecule has 0 fully saturated rings. The van der Waals surface area contributed by atoms with Crippen LogP contribution in [0.2, 0.25) is 0 Å². The Morgan fingerprint density at radius 3 is 2.58 bits per heavy atom. The van der Waals surface area contributed by atoms with Crippen LogP contribution in [-0.4, -0.2) is 20.7 Å². The van der Waals surface area contributed by atoms with Crippen molar-refractivity contribution in [2.45, 2.75) is 13.8 Å². The van der Waals surface area contributed by atoms with E-state index < -0.39 is 0 Å². The molecule has 4 heteroatoms. The van der Waals surface area contributed by atoms with Gasteiger partial charge in [0.25, 0.3) is 0 Å². The zero-order valence-corrected chi connectivity index (χ0v) is 7.40. The van der Waals surface area contributed by atoms with Gasteiger partial charge in [0.1, 0.15) is 0 Å². The minimum Gasteiger partial charge on any atom is -0.493 e. The third-order valence-corrected chi connectivity index (χ3v) is 1.70. The van der Waals surface area contributed by atoms with Gasteiger partial charge in [-0.05, 0) is 0 Å². The lowest BCUT2D eigenvalue weighted by Gasteiger charge is -2.00. The number of ketones is 1. The number of nitrogens with zero attached hydrogens (tertiary/aromatic N) is 2. The van der Waals surface area contributed by atoms with Gasteiger partial charge in [0.05, 0.1) is 11.8 Å². The Hall–Kier alpha value is -1.32. The molecule has 0 amide bonds. The zero-order valence-electron chi connectivity index (χ0n) is 7.40. The van der Waals surface area contributed by atoms with E-state index in [1.54, 1.807) is 20.9 Å². The third-order valence-electron chi connectivity index (χ3n) is 1.70. The highest BCUT2D eigenvalue weighted by atomic mass is 16.3. The predicted molar refractivity (Wildman–Crippen MR) is 44.0 cm³/mol. The standard InChI is InChI=1S/C8H12N2O2/c1-5(2)7(11)6-4-9-10(3)8(6)12/h4-5,12H,1-3H3. The van der Waals surface area contributed by atoms with Crippen molar-refractivity contribution >= 4 is 5.78 Å². The second-order valence-corrected chi connectivity index (χ2v) is 3.02. The zero-order chi connectivity index (χ0) is 9.30. The van der Waals surface area contributed by atoms with E-state index >= 15 is 0 Å². The van der Waals surface area contributed by atoms with Gasteiger partial charge in [0, 0.05) is 13.0 Å². The average molecular weight is 168 g/mol. The van der Waals surface area contributed by atoms with Crippen LogP contribution in [-0.2, 0) is 7.05 Å². The topological polar surface area (TPSA) is 55.1 Å². The monoisotopic (exact) mass is 168 g/mol. The van der Waals surface area contributed by atoms with Gasteiger partial charge in [-0.3, -0.25) is 4.79 Å². The van der Waals surface area contributed by atoms with Gasteiger partial charge in [-0.2, -0.15) is 5.10 Å². The number of Topliss-reactive ketones (excluding diaryl/α,β-unsaturated/α-hetero) is 1. The maximum absolute atomic E-state index is 11.4. The summed E-state index contributed by atoms with van der Waals surface area (Å²) in [6, 6.07) is 0. The van der Waals surface area contributed by atoms with Crippen LogP contribution in [0.1, 0.15) is 24.2 Å². The quantitative estimate of drug-likeness (QED) is 0.669. The van der Waals surface area contributed by atoms with Crippen molar-refractivity contribution in [2.24, 2.45) is 13.0 Å². The molecule has 0 saturated carbocycles. The molecule has 1 rings (SSSR count). The molecule has 0 radical (unpaired) electrons. The molecule has 0 aliphatic heterocycles. The number of aromatic hydroxyl groups is 1. The minimum absolute atomic E-state index is 0.0614. The van der Waals surface area contributed by atoms with Crippen LogP contribution in [0, 0.1) is 5.92 Å².